The molecular formula is C7H6Cl2N6. The molecule has 8 heteroatoms. The molecule has 0 unspecified atom stereocenters. The second-order valence-electron chi connectivity index (χ2n) is 2.59. The topological polar surface area (TPSA) is 79.4 Å². The lowest BCUT2D eigenvalue weighted by molar-refractivity contribution is 0.950. The number of nitrogens with zero attached hydrogens (tertiary/aromatic N) is 4. The number of nitrogens with one attached hydrogen (secondary N) is 2. The first-order valence-corrected chi connectivity index (χ1v) is 4.79. The number of hydrogen-bond acceptors (Lipinski definition) is 5. The van der Waals surface area contributed by atoms with Crippen molar-refractivity contribution in [3.63, 3.8) is 0 Å². The van der Waals surface area contributed by atoms with E-state index in [1.165, 1.54) is 0 Å². The molecule has 6 nitrogen and oxygen atoms in total. The Morgan fingerprint density at radius 3 is 2.53 bits per heavy atom. The summed E-state index contributed by atoms with van der Waals surface area (Å²) in [5.74, 6) is 1.08. The fraction of sp³-hybridized carbons (Fsp3) is 0.143. The lowest BCUT2D eigenvalue weighted by Gasteiger charge is -2.02. The van der Waals surface area contributed by atoms with Crippen LogP contribution in [0.4, 0.5) is 5.95 Å². The van der Waals surface area contributed by atoms with E-state index in [4.69, 9.17) is 23.2 Å². The van der Waals surface area contributed by atoms with Gasteiger partial charge in [0.15, 0.2) is 0 Å². The molecule has 0 amide bonds. The molecule has 2 aromatic rings. The molecule has 0 aliphatic heterocycles. The first kappa shape index (κ1) is 10.1. The minimum atomic E-state index is 0.0527. The highest BCUT2D eigenvalue weighted by atomic mass is 35.5. The van der Waals surface area contributed by atoms with Crippen LogP contribution in [0.25, 0.3) is 0 Å². The van der Waals surface area contributed by atoms with Crippen molar-refractivity contribution < 1.29 is 0 Å². The largest absolute Gasteiger partial charge is 0.347 e. The van der Waals surface area contributed by atoms with Gasteiger partial charge in [-0.15, -0.1) is 0 Å². The molecule has 0 aromatic carbocycles. The van der Waals surface area contributed by atoms with E-state index in [1.54, 1.807) is 12.4 Å². The average Bonchev–Trinajstić information content (AvgIpc) is 2.65. The van der Waals surface area contributed by atoms with E-state index >= 15 is 0 Å². The molecule has 0 aliphatic rings. The Hall–Kier alpha value is -1.40. The number of aromatic amines is 1. The monoisotopic (exact) mass is 244 g/mol. The summed E-state index contributed by atoms with van der Waals surface area (Å²) in [6.45, 7) is 0.462. The first-order chi connectivity index (χ1) is 7.24. The van der Waals surface area contributed by atoms with Gasteiger partial charge in [-0.2, -0.15) is 15.0 Å². The van der Waals surface area contributed by atoms with Gasteiger partial charge in [-0.05, 0) is 23.2 Å². The van der Waals surface area contributed by atoms with Crippen molar-refractivity contribution in [3.05, 3.63) is 28.8 Å². The van der Waals surface area contributed by atoms with E-state index in [0.717, 1.165) is 5.82 Å². The van der Waals surface area contributed by atoms with Gasteiger partial charge < -0.3 is 10.3 Å². The Bertz CT molecular complexity index is 422. The number of aromatic nitrogens is 5. The number of anilines is 1. The first-order valence-electron chi connectivity index (χ1n) is 4.03. The summed E-state index contributed by atoms with van der Waals surface area (Å²) in [4.78, 5) is 18.3. The summed E-state index contributed by atoms with van der Waals surface area (Å²) in [6.07, 6.45) is 3.38. The lowest BCUT2D eigenvalue weighted by Crippen LogP contribution is -2.05. The molecule has 0 saturated heterocycles. The lowest BCUT2D eigenvalue weighted by atomic mass is 10.6. The zero-order valence-corrected chi connectivity index (χ0v) is 8.92. The van der Waals surface area contributed by atoms with E-state index in [9.17, 15) is 0 Å². The normalized spacial score (nSPS) is 10.3. The van der Waals surface area contributed by atoms with Gasteiger partial charge in [0.2, 0.25) is 16.5 Å². The predicted octanol–water partition coefficient (Wildman–Crippen LogP) is 1.51. The Morgan fingerprint density at radius 2 is 1.93 bits per heavy atom. The molecule has 0 saturated carbocycles. The van der Waals surface area contributed by atoms with Crippen LogP contribution in [0.3, 0.4) is 0 Å². The second kappa shape index (κ2) is 4.41. The molecule has 2 rings (SSSR count). The van der Waals surface area contributed by atoms with Crippen LogP contribution in [-0.2, 0) is 6.54 Å². The smallest absolute Gasteiger partial charge is 0.228 e. The molecule has 0 spiro atoms. The Kier molecular flexibility index (Phi) is 2.98. The summed E-state index contributed by atoms with van der Waals surface area (Å²) in [5.41, 5.74) is 0. The Morgan fingerprint density at radius 1 is 1.20 bits per heavy atom. The summed E-state index contributed by atoms with van der Waals surface area (Å²) < 4.78 is 0. The van der Waals surface area contributed by atoms with Crippen LogP contribution in [0.15, 0.2) is 12.4 Å². The molecule has 0 aliphatic carbocycles. The number of halogens is 2. The van der Waals surface area contributed by atoms with Crippen LogP contribution in [0.2, 0.25) is 10.6 Å². The number of hydrogen-bond donors (Lipinski definition) is 2. The number of rotatable bonds is 3. The highest BCUT2D eigenvalue weighted by molar-refractivity contribution is 6.31. The molecule has 78 valence electrons. The molecule has 0 atom stereocenters. The van der Waals surface area contributed by atoms with Crippen molar-refractivity contribution in [1.82, 2.24) is 24.9 Å². The summed E-state index contributed by atoms with van der Waals surface area (Å²) >= 11 is 11.2. The van der Waals surface area contributed by atoms with E-state index < -0.39 is 0 Å². The third-order valence-electron chi connectivity index (χ3n) is 1.55. The van der Waals surface area contributed by atoms with Crippen LogP contribution in [0, 0.1) is 0 Å². The van der Waals surface area contributed by atoms with Crippen LogP contribution in [0.5, 0.6) is 0 Å². The van der Waals surface area contributed by atoms with E-state index in [0.29, 0.717) is 12.5 Å². The third kappa shape index (κ3) is 2.77. The minimum Gasteiger partial charge on any atom is -0.347 e. The van der Waals surface area contributed by atoms with Crippen LogP contribution in [0.1, 0.15) is 5.82 Å². The van der Waals surface area contributed by atoms with Crippen molar-refractivity contribution in [2.75, 3.05) is 5.32 Å². The van der Waals surface area contributed by atoms with Gasteiger partial charge >= 0.3 is 0 Å². The highest BCUT2D eigenvalue weighted by Crippen LogP contribution is 2.09. The van der Waals surface area contributed by atoms with Crippen LogP contribution >= 0.6 is 23.2 Å². The maximum absolute atomic E-state index is 5.60. The molecule has 2 aromatic heterocycles. The Balaban J connectivity index is 2.05. The molecule has 0 radical (unpaired) electrons. The van der Waals surface area contributed by atoms with Gasteiger partial charge in [0.1, 0.15) is 5.82 Å². The maximum Gasteiger partial charge on any atom is 0.228 e. The van der Waals surface area contributed by atoms with Gasteiger partial charge in [0.05, 0.1) is 6.54 Å². The fourth-order valence-corrected chi connectivity index (χ4v) is 1.33. The minimum absolute atomic E-state index is 0.0527. The molecule has 15 heavy (non-hydrogen) atoms. The summed E-state index contributed by atoms with van der Waals surface area (Å²) in [6, 6.07) is 0. The molecular weight excluding hydrogens is 239 g/mol. The van der Waals surface area contributed by atoms with Gasteiger partial charge in [0, 0.05) is 12.4 Å². The fourth-order valence-electron chi connectivity index (χ4n) is 0.962. The number of imidazole rings is 1. The van der Waals surface area contributed by atoms with Crippen molar-refractivity contribution in [2.45, 2.75) is 6.54 Å². The standard InChI is InChI=1S/C7H6Cl2N6/c8-5-13-6(9)15-7(14-5)12-3-4-10-1-2-11-4/h1-2H,3H2,(H,10,11)(H,12,13,14,15). The van der Waals surface area contributed by atoms with E-state index in [2.05, 4.69) is 30.2 Å². The van der Waals surface area contributed by atoms with Gasteiger partial charge in [0.25, 0.3) is 0 Å². The van der Waals surface area contributed by atoms with Crippen molar-refractivity contribution in [2.24, 2.45) is 0 Å². The molecule has 2 N–H and O–H groups in total. The van der Waals surface area contributed by atoms with Crippen molar-refractivity contribution in [3.8, 4) is 0 Å². The van der Waals surface area contributed by atoms with Crippen LogP contribution in [-0.4, -0.2) is 24.9 Å². The molecule has 0 fully saturated rings. The second-order valence-corrected chi connectivity index (χ2v) is 3.26. The SMILES string of the molecule is Clc1nc(Cl)nc(NCc2ncc[nH]2)n1. The summed E-state index contributed by atoms with van der Waals surface area (Å²) in [5, 5.41) is 3.01. The van der Waals surface area contributed by atoms with Crippen molar-refractivity contribution >= 4 is 29.2 Å². The van der Waals surface area contributed by atoms with Gasteiger partial charge in [-0.3, -0.25) is 0 Å². The van der Waals surface area contributed by atoms with E-state index in [-0.39, 0.29) is 10.6 Å². The average molecular weight is 245 g/mol. The van der Waals surface area contributed by atoms with Crippen molar-refractivity contribution in [1.29, 1.82) is 0 Å². The zero-order valence-electron chi connectivity index (χ0n) is 7.41. The Labute approximate surface area is 95.1 Å². The molecule has 0 bridgehead atoms. The van der Waals surface area contributed by atoms with Crippen LogP contribution < -0.4 is 5.32 Å². The maximum atomic E-state index is 5.60. The molecule has 2 heterocycles. The predicted molar refractivity (Wildman–Crippen MR) is 55.8 cm³/mol. The van der Waals surface area contributed by atoms with Gasteiger partial charge in [-0.1, -0.05) is 0 Å². The summed E-state index contributed by atoms with van der Waals surface area (Å²) in [7, 11) is 0. The number of H-pyrrole nitrogens is 1. The zero-order chi connectivity index (χ0) is 10.7. The van der Waals surface area contributed by atoms with E-state index in [1.807, 2.05) is 0 Å². The quantitative estimate of drug-likeness (QED) is 0.856. The third-order valence-corrected chi connectivity index (χ3v) is 1.89. The highest BCUT2D eigenvalue weighted by Gasteiger charge is 2.02. The van der Waals surface area contributed by atoms with Gasteiger partial charge in [-0.25, -0.2) is 4.98 Å².